The maximum atomic E-state index is 13.3. The maximum Gasteiger partial charge on any atom is 0.435 e. The van der Waals surface area contributed by atoms with Crippen LogP contribution in [0.3, 0.4) is 0 Å². The Morgan fingerprint density at radius 3 is 2.34 bits per heavy atom. The van der Waals surface area contributed by atoms with E-state index in [1.54, 1.807) is 18.0 Å². The molecule has 0 radical (unpaired) electrons. The number of sulfonamides is 1. The number of hydrogen-bond donors (Lipinski definition) is 2. The van der Waals surface area contributed by atoms with Gasteiger partial charge in [-0.3, -0.25) is 14.5 Å². The Balaban J connectivity index is 2.24. The zero-order chi connectivity index (χ0) is 26.4. The number of amides is 1. The lowest BCUT2D eigenvalue weighted by molar-refractivity contribution is -0.141. The van der Waals surface area contributed by atoms with E-state index in [4.69, 9.17) is 4.74 Å². The summed E-state index contributed by atoms with van der Waals surface area (Å²) in [6.07, 6.45) is -2.17. The molecule has 196 valence electrons. The van der Waals surface area contributed by atoms with Crippen molar-refractivity contribution in [2.75, 3.05) is 36.2 Å². The standard InChI is InChI=1S/C22H32F3N5O4S/c1-6-10-29(11-7-2)30-17(13-20(27-30)22(23,24)25)14-26-21(31)15(3)16-8-9-18(19(12-16)34-4)28-35(5,32)33/h8-9,12-13,15,28H,6-7,10-11,14H2,1-5H3,(H,26,31). The van der Waals surface area contributed by atoms with E-state index in [2.05, 4.69) is 15.1 Å². The lowest BCUT2D eigenvalue weighted by Crippen LogP contribution is -2.39. The van der Waals surface area contributed by atoms with Crippen LogP contribution in [0.5, 0.6) is 5.75 Å². The molecule has 1 amide bonds. The lowest BCUT2D eigenvalue weighted by atomic mass is 9.99. The van der Waals surface area contributed by atoms with Crippen LogP contribution < -0.4 is 19.8 Å². The number of nitrogens with zero attached hydrogens (tertiary/aromatic N) is 3. The molecule has 0 aliphatic carbocycles. The highest BCUT2D eigenvalue weighted by molar-refractivity contribution is 7.92. The molecule has 0 bridgehead atoms. The van der Waals surface area contributed by atoms with Crippen molar-refractivity contribution in [1.29, 1.82) is 0 Å². The van der Waals surface area contributed by atoms with Gasteiger partial charge in [0.15, 0.2) is 5.69 Å². The highest BCUT2D eigenvalue weighted by Crippen LogP contribution is 2.30. The maximum absolute atomic E-state index is 13.3. The number of alkyl halides is 3. The molecular weight excluding hydrogens is 487 g/mol. The summed E-state index contributed by atoms with van der Waals surface area (Å²) in [6.45, 7) is 6.35. The predicted molar refractivity (Wildman–Crippen MR) is 127 cm³/mol. The summed E-state index contributed by atoms with van der Waals surface area (Å²) in [5.41, 5.74) is -0.0425. The summed E-state index contributed by atoms with van der Waals surface area (Å²) in [7, 11) is -2.16. The van der Waals surface area contributed by atoms with Gasteiger partial charge in [-0.1, -0.05) is 19.9 Å². The summed E-state index contributed by atoms with van der Waals surface area (Å²) in [4.78, 5) is 14.1. The average Bonchev–Trinajstić information content (AvgIpc) is 3.20. The SMILES string of the molecule is CCCN(CCC)n1nc(C(F)(F)F)cc1CNC(=O)C(C)c1ccc(NS(C)(=O)=O)c(OC)c1. The van der Waals surface area contributed by atoms with Crippen LogP contribution in [0.25, 0.3) is 0 Å². The number of carbonyl (C=O) groups is 1. The van der Waals surface area contributed by atoms with Gasteiger partial charge < -0.3 is 10.1 Å². The fourth-order valence-electron chi connectivity index (χ4n) is 3.48. The van der Waals surface area contributed by atoms with Crippen molar-refractivity contribution in [2.24, 2.45) is 0 Å². The molecule has 0 spiro atoms. The van der Waals surface area contributed by atoms with Crippen molar-refractivity contribution in [3.63, 3.8) is 0 Å². The Hall–Kier alpha value is -2.96. The normalized spacial score (nSPS) is 12.8. The number of benzene rings is 1. The van der Waals surface area contributed by atoms with Gasteiger partial charge >= 0.3 is 6.18 Å². The van der Waals surface area contributed by atoms with Crippen molar-refractivity contribution in [2.45, 2.75) is 52.3 Å². The topological polar surface area (TPSA) is 106 Å². The number of halogens is 3. The Morgan fingerprint density at radius 1 is 1.20 bits per heavy atom. The number of anilines is 1. The van der Waals surface area contributed by atoms with Crippen LogP contribution in [0.15, 0.2) is 24.3 Å². The first-order valence-corrected chi connectivity index (χ1v) is 13.0. The smallest absolute Gasteiger partial charge is 0.435 e. The van der Waals surface area contributed by atoms with E-state index in [0.29, 0.717) is 18.7 Å². The third-order valence-electron chi connectivity index (χ3n) is 5.14. The molecule has 1 atom stereocenters. The highest BCUT2D eigenvalue weighted by atomic mass is 32.2. The van der Waals surface area contributed by atoms with Crippen molar-refractivity contribution >= 4 is 21.6 Å². The summed E-state index contributed by atoms with van der Waals surface area (Å²) < 4.78 is 70.6. The van der Waals surface area contributed by atoms with E-state index < -0.39 is 33.7 Å². The van der Waals surface area contributed by atoms with E-state index in [-0.39, 0.29) is 23.7 Å². The van der Waals surface area contributed by atoms with Gasteiger partial charge in [-0.05, 0) is 43.5 Å². The van der Waals surface area contributed by atoms with E-state index >= 15 is 0 Å². The molecule has 0 fully saturated rings. The molecule has 0 aliphatic rings. The number of ether oxygens (including phenoxy) is 1. The minimum absolute atomic E-state index is 0.152. The van der Waals surface area contributed by atoms with Crippen LogP contribution in [0.4, 0.5) is 18.9 Å². The van der Waals surface area contributed by atoms with Gasteiger partial charge in [0.05, 0.1) is 37.2 Å². The largest absolute Gasteiger partial charge is 0.495 e. The Labute approximate surface area is 203 Å². The number of carbonyl (C=O) groups excluding carboxylic acids is 1. The molecule has 13 heteroatoms. The molecule has 2 rings (SSSR count). The highest BCUT2D eigenvalue weighted by Gasteiger charge is 2.35. The van der Waals surface area contributed by atoms with E-state index in [1.807, 2.05) is 13.8 Å². The van der Waals surface area contributed by atoms with Gasteiger partial charge in [-0.15, -0.1) is 5.10 Å². The fourth-order valence-corrected chi connectivity index (χ4v) is 4.04. The van der Waals surface area contributed by atoms with Gasteiger partial charge in [0.25, 0.3) is 0 Å². The van der Waals surface area contributed by atoms with Crippen molar-refractivity contribution in [3.8, 4) is 5.75 Å². The molecule has 0 saturated carbocycles. The molecule has 2 aromatic rings. The Kier molecular flexibility index (Phi) is 9.41. The number of nitrogens with one attached hydrogen (secondary N) is 2. The number of methoxy groups -OCH3 is 1. The zero-order valence-electron chi connectivity index (χ0n) is 20.4. The summed E-state index contributed by atoms with van der Waals surface area (Å²) in [5.74, 6) is -0.873. The summed E-state index contributed by atoms with van der Waals surface area (Å²) in [5, 5.41) is 8.16. The second-order valence-corrected chi connectivity index (χ2v) is 9.88. The third kappa shape index (κ3) is 7.77. The molecule has 35 heavy (non-hydrogen) atoms. The van der Waals surface area contributed by atoms with Gasteiger partial charge in [0.1, 0.15) is 5.75 Å². The van der Waals surface area contributed by atoms with Gasteiger partial charge in [0.2, 0.25) is 15.9 Å². The Bertz CT molecular complexity index is 1110. The second-order valence-electron chi connectivity index (χ2n) is 8.14. The number of hydrogen-bond acceptors (Lipinski definition) is 6. The fraction of sp³-hybridized carbons (Fsp3) is 0.545. The van der Waals surface area contributed by atoms with Crippen molar-refractivity contribution in [1.82, 2.24) is 15.2 Å². The first-order valence-electron chi connectivity index (χ1n) is 11.2. The first kappa shape index (κ1) is 28.3. The number of rotatable bonds is 12. The Morgan fingerprint density at radius 2 is 1.83 bits per heavy atom. The summed E-state index contributed by atoms with van der Waals surface area (Å²) >= 11 is 0. The van der Waals surface area contributed by atoms with Crippen LogP contribution in [-0.2, 0) is 27.5 Å². The number of aromatic nitrogens is 2. The monoisotopic (exact) mass is 519 g/mol. The molecule has 1 heterocycles. The van der Waals surface area contributed by atoms with E-state index in [1.165, 1.54) is 24.0 Å². The summed E-state index contributed by atoms with van der Waals surface area (Å²) in [6, 6.07) is 5.54. The molecule has 1 aromatic carbocycles. The average molecular weight is 520 g/mol. The quantitative estimate of drug-likeness (QED) is 0.445. The molecule has 9 nitrogen and oxygen atoms in total. The van der Waals surface area contributed by atoms with E-state index in [0.717, 1.165) is 25.2 Å². The first-order chi connectivity index (χ1) is 16.3. The third-order valence-corrected chi connectivity index (χ3v) is 5.73. The molecule has 2 N–H and O–H groups in total. The molecule has 0 aliphatic heterocycles. The lowest BCUT2D eigenvalue weighted by Gasteiger charge is -2.25. The molecule has 0 saturated heterocycles. The van der Waals surface area contributed by atoms with Crippen molar-refractivity contribution < 1.29 is 31.1 Å². The van der Waals surface area contributed by atoms with Crippen LogP contribution in [-0.4, -0.2) is 50.7 Å². The molecule has 1 unspecified atom stereocenters. The second kappa shape index (κ2) is 11.6. The van der Waals surface area contributed by atoms with Gasteiger partial charge in [0, 0.05) is 13.1 Å². The molecule has 1 aromatic heterocycles. The van der Waals surface area contributed by atoms with Crippen molar-refractivity contribution in [3.05, 3.63) is 41.2 Å². The van der Waals surface area contributed by atoms with Crippen LogP contribution in [0.1, 0.15) is 56.5 Å². The van der Waals surface area contributed by atoms with Crippen LogP contribution >= 0.6 is 0 Å². The minimum Gasteiger partial charge on any atom is -0.495 e. The zero-order valence-corrected chi connectivity index (χ0v) is 21.3. The van der Waals surface area contributed by atoms with Crippen LogP contribution in [0.2, 0.25) is 0 Å². The predicted octanol–water partition coefficient (Wildman–Crippen LogP) is 3.46. The van der Waals surface area contributed by atoms with Crippen LogP contribution in [0, 0.1) is 0 Å². The molecular formula is C22H32F3N5O4S. The minimum atomic E-state index is -4.61. The van der Waals surface area contributed by atoms with Gasteiger partial charge in [-0.25, -0.2) is 8.42 Å². The van der Waals surface area contributed by atoms with E-state index in [9.17, 15) is 26.4 Å². The van der Waals surface area contributed by atoms with Gasteiger partial charge in [-0.2, -0.15) is 18.0 Å².